The summed E-state index contributed by atoms with van der Waals surface area (Å²) in [7, 11) is 1.16. The first-order valence-electron chi connectivity index (χ1n) is 4.44. The third kappa shape index (κ3) is 2.29. The molecule has 0 heterocycles. The number of esters is 1. The Hall–Kier alpha value is -1.24. The van der Waals surface area contributed by atoms with Crippen molar-refractivity contribution in [2.45, 2.75) is 10.3 Å². The summed E-state index contributed by atoms with van der Waals surface area (Å²) in [6.07, 6.45) is 0. The molecule has 0 radical (unpaired) electrons. The van der Waals surface area contributed by atoms with Gasteiger partial charge in [-0.05, 0) is 5.56 Å². The Kier molecular flexibility index (Phi) is 4.17. The van der Waals surface area contributed by atoms with Gasteiger partial charge in [0.25, 0.3) is 0 Å². The molecule has 0 aromatic heterocycles. The zero-order valence-corrected chi connectivity index (χ0v) is 10.00. The van der Waals surface area contributed by atoms with Gasteiger partial charge >= 0.3 is 5.97 Å². The summed E-state index contributed by atoms with van der Waals surface area (Å²) < 4.78 is 4.47. The highest BCUT2D eigenvalue weighted by Crippen LogP contribution is 2.38. The van der Waals surface area contributed by atoms with E-state index in [0.717, 1.165) is 7.11 Å². The van der Waals surface area contributed by atoms with Gasteiger partial charge in [0.15, 0.2) is 0 Å². The van der Waals surface area contributed by atoms with Crippen LogP contribution in [0, 0.1) is 11.3 Å². The lowest BCUT2D eigenvalue weighted by molar-refractivity contribution is -0.142. The number of ether oxygens (including phenoxy) is 1. The Morgan fingerprint density at radius 2 is 2.06 bits per heavy atom. The Labute approximate surface area is 104 Å². The summed E-state index contributed by atoms with van der Waals surface area (Å²) in [5, 5.41) is 7.99. The normalized spacial score (nSPS) is 15.6. The van der Waals surface area contributed by atoms with Gasteiger partial charge in [0, 0.05) is 0 Å². The van der Waals surface area contributed by atoms with Crippen LogP contribution in [-0.4, -0.2) is 18.0 Å². The van der Waals surface area contributed by atoms with Crippen molar-refractivity contribution < 1.29 is 9.53 Å². The number of rotatable bonds is 3. The molecular formula is C11H9Cl2NO2. The van der Waals surface area contributed by atoms with Crippen molar-refractivity contribution in [3.05, 3.63) is 35.9 Å². The fraction of sp³-hybridized carbons (Fsp3) is 0.273. The number of benzene rings is 1. The fourth-order valence-electron chi connectivity index (χ4n) is 1.21. The standard InChI is InChI=1S/C11H9Cl2NO2/c1-16-10(15)11(13,7-14)9(12)8-5-3-2-4-6-8/h2-6,9H,1H3. The van der Waals surface area contributed by atoms with E-state index in [9.17, 15) is 4.79 Å². The van der Waals surface area contributed by atoms with Crippen LogP contribution in [0.1, 0.15) is 10.9 Å². The van der Waals surface area contributed by atoms with Crippen LogP contribution in [0.5, 0.6) is 0 Å². The average molecular weight is 258 g/mol. The summed E-state index contributed by atoms with van der Waals surface area (Å²) in [4.78, 5) is 9.51. The van der Waals surface area contributed by atoms with Gasteiger partial charge in [-0.1, -0.05) is 41.9 Å². The molecule has 5 heteroatoms. The van der Waals surface area contributed by atoms with E-state index in [4.69, 9.17) is 28.5 Å². The smallest absolute Gasteiger partial charge is 0.343 e. The van der Waals surface area contributed by atoms with Crippen molar-refractivity contribution in [3.63, 3.8) is 0 Å². The Morgan fingerprint density at radius 3 is 2.50 bits per heavy atom. The summed E-state index contributed by atoms with van der Waals surface area (Å²) in [5.74, 6) is -0.861. The van der Waals surface area contributed by atoms with Gasteiger partial charge in [-0.25, -0.2) is 4.79 Å². The lowest BCUT2D eigenvalue weighted by Crippen LogP contribution is -2.36. The Morgan fingerprint density at radius 1 is 1.50 bits per heavy atom. The van der Waals surface area contributed by atoms with Crippen molar-refractivity contribution in [2.75, 3.05) is 7.11 Å². The first-order valence-corrected chi connectivity index (χ1v) is 5.25. The van der Waals surface area contributed by atoms with Crippen LogP contribution in [-0.2, 0) is 9.53 Å². The number of hydrogen-bond donors (Lipinski definition) is 0. The van der Waals surface area contributed by atoms with E-state index < -0.39 is 16.2 Å². The molecular weight excluding hydrogens is 249 g/mol. The maximum atomic E-state index is 11.4. The van der Waals surface area contributed by atoms with Gasteiger partial charge in [-0.3, -0.25) is 0 Å². The fourth-order valence-corrected chi connectivity index (χ4v) is 1.69. The van der Waals surface area contributed by atoms with E-state index in [0.29, 0.717) is 5.56 Å². The van der Waals surface area contributed by atoms with Gasteiger partial charge in [0.2, 0.25) is 4.87 Å². The molecule has 0 fully saturated rings. The van der Waals surface area contributed by atoms with Crippen LogP contribution in [0.2, 0.25) is 0 Å². The van der Waals surface area contributed by atoms with Gasteiger partial charge in [0.1, 0.15) is 5.38 Å². The van der Waals surface area contributed by atoms with Crippen molar-refractivity contribution >= 4 is 29.2 Å². The second-order valence-corrected chi connectivity index (χ2v) is 4.12. The molecule has 3 nitrogen and oxygen atoms in total. The van der Waals surface area contributed by atoms with E-state index in [1.165, 1.54) is 0 Å². The largest absolute Gasteiger partial charge is 0.467 e. The molecule has 0 saturated heterocycles. The van der Waals surface area contributed by atoms with Crippen LogP contribution in [0.15, 0.2) is 30.3 Å². The molecule has 84 valence electrons. The van der Waals surface area contributed by atoms with Crippen LogP contribution in [0.4, 0.5) is 0 Å². The Bertz CT molecular complexity index is 416. The molecule has 16 heavy (non-hydrogen) atoms. The highest BCUT2D eigenvalue weighted by atomic mass is 35.5. The Balaban J connectivity index is 3.08. The number of carbonyl (C=O) groups excluding carboxylic acids is 1. The van der Waals surface area contributed by atoms with Gasteiger partial charge in [-0.15, -0.1) is 11.6 Å². The van der Waals surface area contributed by atoms with E-state index in [1.807, 2.05) is 0 Å². The van der Waals surface area contributed by atoms with Crippen LogP contribution in [0.3, 0.4) is 0 Å². The van der Waals surface area contributed by atoms with E-state index in [1.54, 1.807) is 36.4 Å². The first kappa shape index (κ1) is 12.8. The van der Waals surface area contributed by atoms with Crippen LogP contribution >= 0.6 is 23.2 Å². The summed E-state index contributed by atoms with van der Waals surface area (Å²) in [5.41, 5.74) is 0.589. The van der Waals surface area contributed by atoms with Crippen molar-refractivity contribution in [1.82, 2.24) is 0 Å². The minimum Gasteiger partial charge on any atom is -0.467 e. The second kappa shape index (κ2) is 5.20. The number of nitrogens with zero attached hydrogens (tertiary/aromatic N) is 1. The topological polar surface area (TPSA) is 50.1 Å². The third-order valence-electron chi connectivity index (χ3n) is 2.09. The summed E-state index contributed by atoms with van der Waals surface area (Å²) in [6.45, 7) is 0. The van der Waals surface area contributed by atoms with Gasteiger partial charge in [0.05, 0.1) is 13.2 Å². The van der Waals surface area contributed by atoms with E-state index >= 15 is 0 Å². The number of carbonyl (C=O) groups is 1. The van der Waals surface area contributed by atoms with Crippen molar-refractivity contribution in [3.8, 4) is 6.07 Å². The molecule has 0 amide bonds. The molecule has 1 aromatic rings. The third-order valence-corrected chi connectivity index (χ3v) is 3.23. The van der Waals surface area contributed by atoms with Crippen molar-refractivity contribution in [1.29, 1.82) is 5.26 Å². The molecule has 0 N–H and O–H groups in total. The van der Waals surface area contributed by atoms with Crippen LogP contribution < -0.4 is 0 Å². The molecule has 0 aliphatic rings. The minimum atomic E-state index is -1.91. The average Bonchev–Trinajstić information content (AvgIpc) is 2.36. The lowest BCUT2D eigenvalue weighted by Gasteiger charge is -2.21. The number of hydrogen-bond acceptors (Lipinski definition) is 3. The highest BCUT2D eigenvalue weighted by molar-refractivity contribution is 6.42. The molecule has 0 spiro atoms. The SMILES string of the molecule is COC(=O)C(Cl)(C#N)C(Cl)c1ccccc1. The number of nitriles is 1. The first-order chi connectivity index (χ1) is 7.56. The number of methoxy groups -OCH3 is 1. The number of alkyl halides is 2. The quantitative estimate of drug-likeness (QED) is 0.618. The van der Waals surface area contributed by atoms with Crippen molar-refractivity contribution in [2.24, 2.45) is 0 Å². The molecule has 2 unspecified atom stereocenters. The lowest BCUT2D eigenvalue weighted by atomic mass is 9.99. The van der Waals surface area contributed by atoms with Gasteiger partial charge in [-0.2, -0.15) is 5.26 Å². The zero-order valence-electron chi connectivity index (χ0n) is 8.48. The predicted molar refractivity (Wildman–Crippen MR) is 61.2 cm³/mol. The molecule has 0 bridgehead atoms. The maximum absolute atomic E-state index is 11.4. The molecule has 2 atom stereocenters. The monoisotopic (exact) mass is 257 g/mol. The molecule has 1 rings (SSSR count). The molecule has 1 aromatic carbocycles. The molecule has 0 saturated carbocycles. The highest BCUT2D eigenvalue weighted by Gasteiger charge is 2.46. The van der Waals surface area contributed by atoms with E-state index in [-0.39, 0.29) is 0 Å². The summed E-state index contributed by atoms with van der Waals surface area (Å²) in [6, 6.07) is 10.4. The minimum absolute atomic E-state index is 0.589. The number of halogens is 2. The molecule has 0 aliphatic carbocycles. The second-order valence-electron chi connectivity index (χ2n) is 3.09. The predicted octanol–water partition coefficient (Wildman–Crippen LogP) is 2.64. The zero-order chi connectivity index (χ0) is 12.2. The summed E-state index contributed by atoms with van der Waals surface area (Å²) >= 11 is 11.9. The van der Waals surface area contributed by atoms with E-state index in [2.05, 4.69) is 4.74 Å². The van der Waals surface area contributed by atoms with Crippen LogP contribution in [0.25, 0.3) is 0 Å². The maximum Gasteiger partial charge on any atom is 0.343 e. The van der Waals surface area contributed by atoms with Gasteiger partial charge < -0.3 is 4.74 Å². The molecule has 0 aliphatic heterocycles.